The van der Waals surface area contributed by atoms with Gasteiger partial charge in [0.1, 0.15) is 17.1 Å². The molecular weight excluding hydrogens is 362 g/mol. The van der Waals surface area contributed by atoms with Crippen molar-refractivity contribution in [1.29, 1.82) is 0 Å². The van der Waals surface area contributed by atoms with Crippen molar-refractivity contribution >= 4 is 17.6 Å². The molecular formula is C20H25N3O5. The Morgan fingerprint density at radius 2 is 1.86 bits per heavy atom. The number of aryl methyl sites for hydroxylation is 1. The average Bonchev–Trinajstić information content (AvgIpc) is 2.58. The monoisotopic (exact) mass is 387 g/mol. The molecule has 1 aromatic heterocycles. The van der Waals surface area contributed by atoms with Crippen LogP contribution in [0.2, 0.25) is 0 Å². The number of H-pyrrole nitrogens is 1. The Hall–Kier alpha value is -3.16. The van der Waals surface area contributed by atoms with Crippen LogP contribution < -0.4 is 15.6 Å². The van der Waals surface area contributed by atoms with Gasteiger partial charge < -0.3 is 20.1 Å². The molecule has 150 valence electrons. The van der Waals surface area contributed by atoms with Crippen LogP contribution in [0.4, 0.5) is 5.69 Å². The van der Waals surface area contributed by atoms with Crippen molar-refractivity contribution in [2.45, 2.75) is 46.0 Å². The maximum atomic E-state index is 12.5. The van der Waals surface area contributed by atoms with Gasteiger partial charge in [-0.2, -0.15) is 0 Å². The third-order valence-electron chi connectivity index (χ3n) is 3.95. The summed E-state index contributed by atoms with van der Waals surface area (Å²) < 4.78 is 5.44. The van der Waals surface area contributed by atoms with Crippen molar-refractivity contribution in [3.05, 3.63) is 51.7 Å². The number of carbonyl (C=O) groups excluding carboxylic acids is 1. The van der Waals surface area contributed by atoms with Crippen LogP contribution in [0.1, 0.15) is 55.5 Å². The first-order valence-electron chi connectivity index (χ1n) is 8.95. The van der Waals surface area contributed by atoms with Gasteiger partial charge in [-0.05, 0) is 37.6 Å². The fourth-order valence-corrected chi connectivity index (χ4v) is 2.45. The van der Waals surface area contributed by atoms with E-state index in [0.717, 1.165) is 0 Å². The molecule has 0 aliphatic carbocycles. The minimum Gasteiger partial charge on any atom is -0.494 e. The number of aromatic nitrogens is 2. The average molecular weight is 387 g/mol. The van der Waals surface area contributed by atoms with Crippen LogP contribution in [-0.2, 0) is 10.2 Å². The molecule has 8 nitrogen and oxygen atoms in total. The molecule has 28 heavy (non-hydrogen) atoms. The second-order valence-corrected chi connectivity index (χ2v) is 7.45. The van der Waals surface area contributed by atoms with E-state index in [-0.39, 0.29) is 17.4 Å². The van der Waals surface area contributed by atoms with Crippen molar-refractivity contribution in [3.8, 4) is 5.75 Å². The number of benzene rings is 1. The quantitative estimate of drug-likeness (QED) is 0.628. The number of amides is 1. The maximum absolute atomic E-state index is 12.5. The summed E-state index contributed by atoms with van der Waals surface area (Å²) in [4.78, 5) is 42.4. The van der Waals surface area contributed by atoms with Crippen LogP contribution in [0.5, 0.6) is 5.75 Å². The number of carboxylic acid groups (broad SMARTS) is 1. The summed E-state index contributed by atoms with van der Waals surface area (Å²) in [6, 6.07) is 6.61. The number of aromatic amines is 1. The molecule has 0 bridgehead atoms. The second kappa shape index (κ2) is 8.69. The number of carbonyl (C=O) groups is 2. The van der Waals surface area contributed by atoms with Gasteiger partial charge in [0.15, 0.2) is 0 Å². The summed E-state index contributed by atoms with van der Waals surface area (Å²) in [7, 11) is 0. The second-order valence-electron chi connectivity index (χ2n) is 7.45. The topological polar surface area (TPSA) is 121 Å². The van der Waals surface area contributed by atoms with Gasteiger partial charge >= 0.3 is 5.97 Å². The summed E-state index contributed by atoms with van der Waals surface area (Å²) >= 11 is 0. The third-order valence-corrected chi connectivity index (χ3v) is 3.95. The van der Waals surface area contributed by atoms with Crippen molar-refractivity contribution in [3.63, 3.8) is 0 Å². The largest absolute Gasteiger partial charge is 0.494 e. The van der Waals surface area contributed by atoms with E-state index >= 15 is 0 Å². The predicted molar refractivity (Wildman–Crippen MR) is 105 cm³/mol. The van der Waals surface area contributed by atoms with E-state index in [9.17, 15) is 14.4 Å². The normalized spacial score (nSPS) is 11.1. The van der Waals surface area contributed by atoms with Crippen LogP contribution in [0, 0.1) is 6.92 Å². The van der Waals surface area contributed by atoms with Crippen molar-refractivity contribution in [1.82, 2.24) is 9.97 Å². The molecule has 2 aromatic rings. The van der Waals surface area contributed by atoms with Crippen LogP contribution >= 0.6 is 0 Å². The lowest BCUT2D eigenvalue weighted by atomic mass is 9.95. The molecule has 8 heteroatoms. The zero-order chi connectivity index (χ0) is 20.9. The minimum absolute atomic E-state index is 0.0259. The van der Waals surface area contributed by atoms with Gasteiger partial charge in [-0.3, -0.25) is 14.4 Å². The van der Waals surface area contributed by atoms with Gasteiger partial charge in [-0.15, -0.1) is 0 Å². The molecule has 3 N–H and O–H groups in total. The Labute approximate surface area is 163 Å². The Balaban J connectivity index is 2.05. The predicted octanol–water partition coefficient (Wildman–Crippen LogP) is 2.87. The number of carboxylic acids is 1. The van der Waals surface area contributed by atoms with E-state index in [1.54, 1.807) is 31.2 Å². The highest BCUT2D eigenvalue weighted by Crippen LogP contribution is 2.19. The number of nitrogens with zero attached hydrogens (tertiary/aromatic N) is 1. The number of anilines is 1. The highest BCUT2D eigenvalue weighted by atomic mass is 16.5. The first kappa shape index (κ1) is 21.1. The molecule has 0 saturated heterocycles. The molecule has 1 heterocycles. The highest BCUT2D eigenvalue weighted by Gasteiger charge is 2.22. The molecule has 0 fully saturated rings. The molecule has 2 rings (SSSR count). The molecule has 0 saturated carbocycles. The van der Waals surface area contributed by atoms with Crippen molar-refractivity contribution in [2.24, 2.45) is 0 Å². The first-order chi connectivity index (χ1) is 13.1. The van der Waals surface area contributed by atoms with E-state index < -0.39 is 17.4 Å². The Bertz CT molecular complexity index is 911. The molecule has 1 amide bonds. The van der Waals surface area contributed by atoms with Crippen LogP contribution in [0.25, 0.3) is 0 Å². The lowest BCUT2D eigenvalue weighted by molar-refractivity contribution is -0.137. The molecule has 0 unspecified atom stereocenters. The molecule has 0 aliphatic heterocycles. The molecule has 1 aromatic carbocycles. The summed E-state index contributed by atoms with van der Waals surface area (Å²) in [6.45, 7) is 7.70. The number of aliphatic carboxylic acids is 1. The van der Waals surface area contributed by atoms with Gasteiger partial charge in [-0.1, -0.05) is 20.8 Å². The van der Waals surface area contributed by atoms with E-state index in [4.69, 9.17) is 9.84 Å². The Morgan fingerprint density at radius 1 is 1.21 bits per heavy atom. The maximum Gasteiger partial charge on any atom is 0.303 e. The van der Waals surface area contributed by atoms with Crippen molar-refractivity contribution < 1.29 is 19.4 Å². The smallest absolute Gasteiger partial charge is 0.303 e. The third kappa shape index (κ3) is 5.67. The van der Waals surface area contributed by atoms with Gasteiger partial charge in [0.2, 0.25) is 0 Å². The van der Waals surface area contributed by atoms with E-state index in [0.29, 0.717) is 36.0 Å². The molecule has 0 atom stereocenters. The zero-order valence-electron chi connectivity index (χ0n) is 16.5. The van der Waals surface area contributed by atoms with Gasteiger partial charge in [0.25, 0.3) is 11.5 Å². The lowest BCUT2D eigenvalue weighted by Crippen LogP contribution is -2.30. The molecule has 0 aliphatic rings. The zero-order valence-corrected chi connectivity index (χ0v) is 16.5. The van der Waals surface area contributed by atoms with E-state index in [1.165, 1.54) is 0 Å². The van der Waals surface area contributed by atoms with Gasteiger partial charge in [0.05, 0.1) is 12.3 Å². The lowest BCUT2D eigenvalue weighted by Gasteiger charge is -2.18. The van der Waals surface area contributed by atoms with Crippen LogP contribution in [0.3, 0.4) is 0 Å². The highest BCUT2D eigenvalue weighted by molar-refractivity contribution is 6.04. The fourth-order valence-electron chi connectivity index (χ4n) is 2.45. The Morgan fingerprint density at radius 3 is 2.39 bits per heavy atom. The van der Waals surface area contributed by atoms with Gasteiger partial charge in [-0.25, -0.2) is 4.98 Å². The van der Waals surface area contributed by atoms with Crippen LogP contribution in [0.15, 0.2) is 29.1 Å². The summed E-state index contributed by atoms with van der Waals surface area (Å²) in [5.41, 5.74) is 0.0283. The molecule has 0 spiro atoms. The van der Waals surface area contributed by atoms with E-state index in [2.05, 4.69) is 15.3 Å². The fraction of sp³-hybridized carbons (Fsp3) is 0.400. The van der Waals surface area contributed by atoms with Gasteiger partial charge in [0, 0.05) is 17.5 Å². The summed E-state index contributed by atoms with van der Waals surface area (Å²) in [5, 5.41) is 11.3. The Kier molecular flexibility index (Phi) is 6.56. The number of ether oxygens (including phenoxy) is 1. The summed E-state index contributed by atoms with van der Waals surface area (Å²) in [5.74, 6) is -0.316. The first-order valence-corrected chi connectivity index (χ1v) is 8.95. The number of hydrogen-bond acceptors (Lipinski definition) is 5. The number of hydrogen-bond donors (Lipinski definition) is 3. The van der Waals surface area contributed by atoms with Crippen LogP contribution in [-0.4, -0.2) is 33.6 Å². The number of rotatable bonds is 7. The molecule has 0 radical (unpaired) electrons. The van der Waals surface area contributed by atoms with E-state index in [1.807, 2.05) is 20.8 Å². The standard InChI is InChI=1S/C20H25N3O5/c1-12-16(18(27)23-19(21-12)20(2,3)4)17(26)22-13-7-9-14(10-8-13)28-11-5-6-15(24)25/h7-10H,5-6,11H2,1-4H3,(H,22,26)(H,24,25)(H,21,23,27). The number of nitrogens with one attached hydrogen (secondary N) is 2. The minimum atomic E-state index is -0.864. The summed E-state index contributed by atoms with van der Waals surface area (Å²) in [6.07, 6.45) is 0.456. The SMILES string of the molecule is Cc1nc(C(C)(C)C)[nH]c(=O)c1C(=O)Nc1ccc(OCCCC(=O)O)cc1. The van der Waals surface area contributed by atoms with Crippen molar-refractivity contribution in [2.75, 3.05) is 11.9 Å².